The smallest absolute Gasteiger partial charge is 0.0461 e. The molecule has 1 fully saturated rings. The Morgan fingerprint density at radius 2 is 2.08 bits per heavy atom. The summed E-state index contributed by atoms with van der Waals surface area (Å²) in [5.41, 5.74) is 6.93. The van der Waals surface area contributed by atoms with Crippen LogP contribution in [0.4, 0.5) is 5.69 Å². The van der Waals surface area contributed by atoms with Gasteiger partial charge in [0.15, 0.2) is 0 Å². The molecule has 1 aromatic rings. The van der Waals surface area contributed by atoms with Crippen molar-refractivity contribution in [3.8, 4) is 0 Å². The van der Waals surface area contributed by atoms with Crippen molar-refractivity contribution >= 4 is 29.4 Å². The molecule has 0 radical (unpaired) electrons. The Labute approximate surface area is 89.7 Å². The van der Waals surface area contributed by atoms with Gasteiger partial charge in [0.05, 0.1) is 0 Å². The predicted octanol–water partition coefficient (Wildman–Crippen LogP) is 3.75. The van der Waals surface area contributed by atoms with Crippen molar-refractivity contribution in [3.63, 3.8) is 0 Å². The zero-order valence-corrected chi connectivity index (χ0v) is 9.67. The summed E-state index contributed by atoms with van der Waals surface area (Å²) in [5, 5.41) is 0. The second-order valence-corrected chi connectivity index (χ2v) is 5.01. The lowest BCUT2D eigenvalue weighted by Gasteiger charge is -2.00. The van der Waals surface area contributed by atoms with Crippen molar-refractivity contribution in [2.75, 3.05) is 5.73 Å². The number of hydrogen-bond acceptors (Lipinski definition) is 2. The summed E-state index contributed by atoms with van der Waals surface area (Å²) in [5.74, 6) is 1.44. The Bertz CT molecular complexity index is 289. The molecule has 0 amide bonds. The third-order valence-corrected chi connectivity index (χ3v) is 3.93. The van der Waals surface area contributed by atoms with Crippen LogP contribution in [0.15, 0.2) is 6.07 Å². The van der Waals surface area contributed by atoms with Gasteiger partial charge < -0.3 is 5.73 Å². The standard InChI is InChI=1S/C10H15NS.ClH/c1-6(2)10-8(11)5-9(12-10)7-3-4-7;/h5-7H,3-4,11H2,1-2H3;1H. The molecule has 0 unspecified atom stereocenters. The van der Waals surface area contributed by atoms with E-state index in [-0.39, 0.29) is 12.4 Å². The topological polar surface area (TPSA) is 26.0 Å². The van der Waals surface area contributed by atoms with Crippen LogP contribution in [-0.4, -0.2) is 0 Å². The fourth-order valence-corrected chi connectivity index (χ4v) is 2.71. The number of nitrogen functional groups attached to an aromatic ring is 1. The van der Waals surface area contributed by atoms with E-state index >= 15 is 0 Å². The molecular weight excluding hydrogens is 202 g/mol. The maximum Gasteiger partial charge on any atom is 0.0461 e. The minimum absolute atomic E-state index is 0. The Hall–Kier alpha value is -0.210. The van der Waals surface area contributed by atoms with E-state index in [0.29, 0.717) is 5.92 Å². The van der Waals surface area contributed by atoms with E-state index in [9.17, 15) is 0 Å². The van der Waals surface area contributed by atoms with E-state index in [0.717, 1.165) is 11.6 Å². The van der Waals surface area contributed by atoms with E-state index in [2.05, 4.69) is 19.9 Å². The summed E-state index contributed by atoms with van der Waals surface area (Å²) < 4.78 is 0. The van der Waals surface area contributed by atoms with Gasteiger partial charge in [-0.25, -0.2) is 0 Å². The largest absolute Gasteiger partial charge is 0.398 e. The molecule has 74 valence electrons. The highest BCUT2D eigenvalue weighted by Gasteiger charge is 2.26. The van der Waals surface area contributed by atoms with Crippen LogP contribution in [0.3, 0.4) is 0 Å². The van der Waals surface area contributed by atoms with Crippen molar-refractivity contribution in [2.24, 2.45) is 0 Å². The first-order chi connectivity index (χ1) is 5.68. The highest BCUT2D eigenvalue weighted by molar-refractivity contribution is 7.12. The van der Waals surface area contributed by atoms with Crippen LogP contribution in [0.2, 0.25) is 0 Å². The van der Waals surface area contributed by atoms with Gasteiger partial charge in [0.25, 0.3) is 0 Å². The van der Waals surface area contributed by atoms with Crippen LogP contribution in [0.25, 0.3) is 0 Å². The lowest BCUT2D eigenvalue weighted by molar-refractivity contribution is 0.892. The summed E-state index contributed by atoms with van der Waals surface area (Å²) in [7, 11) is 0. The predicted molar refractivity (Wildman–Crippen MR) is 62.0 cm³/mol. The second-order valence-electron chi connectivity index (χ2n) is 3.90. The van der Waals surface area contributed by atoms with E-state index < -0.39 is 0 Å². The van der Waals surface area contributed by atoms with Crippen LogP contribution < -0.4 is 5.73 Å². The van der Waals surface area contributed by atoms with Gasteiger partial charge in [-0.3, -0.25) is 0 Å². The monoisotopic (exact) mass is 217 g/mol. The van der Waals surface area contributed by atoms with Gasteiger partial charge in [-0.15, -0.1) is 23.7 Å². The molecule has 0 saturated heterocycles. The van der Waals surface area contributed by atoms with E-state index in [4.69, 9.17) is 5.73 Å². The van der Waals surface area contributed by atoms with Gasteiger partial charge in [-0.05, 0) is 30.7 Å². The van der Waals surface area contributed by atoms with Gasteiger partial charge in [0.2, 0.25) is 0 Å². The lowest BCUT2D eigenvalue weighted by atomic mass is 10.1. The molecule has 2 N–H and O–H groups in total. The Morgan fingerprint density at radius 3 is 2.46 bits per heavy atom. The van der Waals surface area contributed by atoms with Crippen molar-refractivity contribution in [2.45, 2.75) is 38.5 Å². The maximum atomic E-state index is 5.92. The quantitative estimate of drug-likeness (QED) is 0.802. The van der Waals surface area contributed by atoms with Crippen LogP contribution in [-0.2, 0) is 0 Å². The molecule has 0 aromatic carbocycles. The number of halogens is 1. The first kappa shape index (κ1) is 10.9. The normalized spacial score (nSPS) is 15.9. The van der Waals surface area contributed by atoms with E-state index in [1.165, 1.54) is 22.6 Å². The second kappa shape index (κ2) is 3.89. The molecule has 0 bridgehead atoms. The van der Waals surface area contributed by atoms with Gasteiger partial charge in [0, 0.05) is 15.4 Å². The zero-order chi connectivity index (χ0) is 8.72. The van der Waals surface area contributed by atoms with Crippen molar-refractivity contribution in [1.29, 1.82) is 0 Å². The number of thiophene rings is 1. The molecule has 1 heterocycles. The van der Waals surface area contributed by atoms with Crippen molar-refractivity contribution in [3.05, 3.63) is 15.8 Å². The first-order valence-corrected chi connectivity index (χ1v) is 5.39. The highest BCUT2D eigenvalue weighted by Crippen LogP contribution is 2.46. The Kier molecular flexibility index (Phi) is 3.25. The Morgan fingerprint density at radius 1 is 1.46 bits per heavy atom. The number of anilines is 1. The SMILES string of the molecule is CC(C)c1sc(C2CC2)cc1N.Cl. The molecule has 1 saturated carbocycles. The van der Waals surface area contributed by atoms with Gasteiger partial charge in [-0.1, -0.05) is 13.8 Å². The van der Waals surface area contributed by atoms with Crippen LogP contribution in [0.5, 0.6) is 0 Å². The molecule has 1 aliphatic carbocycles. The van der Waals surface area contributed by atoms with Gasteiger partial charge in [-0.2, -0.15) is 0 Å². The number of rotatable bonds is 2. The summed E-state index contributed by atoms with van der Waals surface area (Å²) in [4.78, 5) is 2.88. The molecule has 0 atom stereocenters. The first-order valence-electron chi connectivity index (χ1n) is 4.57. The van der Waals surface area contributed by atoms with Crippen molar-refractivity contribution in [1.82, 2.24) is 0 Å². The molecule has 2 rings (SSSR count). The van der Waals surface area contributed by atoms with E-state index in [1.54, 1.807) is 0 Å². The molecular formula is C10H16ClNS. The summed E-state index contributed by atoms with van der Waals surface area (Å²) >= 11 is 1.91. The average molecular weight is 218 g/mol. The third-order valence-electron chi connectivity index (χ3n) is 2.31. The van der Waals surface area contributed by atoms with Crippen molar-refractivity contribution < 1.29 is 0 Å². The van der Waals surface area contributed by atoms with Crippen LogP contribution in [0.1, 0.15) is 48.3 Å². The summed E-state index contributed by atoms with van der Waals surface area (Å²) in [6.45, 7) is 4.41. The fourth-order valence-electron chi connectivity index (χ4n) is 1.46. The van der Waals surface area contributed by atoms with Crippen LogP contribution >= 0.6 is 23.7 Å². The zero-order valence-electron chi connectivity index (χ0n) is 8.04. The third kappa shape index (κ3) is 2.18. The molecule has 3 heteroatoms. The van der Waals surface area contributed by atoms with E-state index in [1.807, 2.05) is 11.3 Å². The van der Waals surface area contributed by atoms with Gasteiger partial charge >= 0.3 is 0 Å². The summed E-state index contributed by atoms with van der Waals surface area (Å²) in [6, 6.07) is 2.18. The number of hydrogen-bond donors (Lipinski definition) is 1. The molecule has 1 nitrogen and oxygen atoms in total. The minimum Gasteiger partial charge on any atom is -0.398 e. The van der Waals surface area contributed by atoms with Crippen LogP contribution in [0, 0.1) is 0 Å². The highest BCUT2D eigenvalue weighted by atomic mass is 35.5. The fraction of sp³-hybridized carbons (Fsp3) is 0.600. The average Bonchev–Trinajstić information content (AvgIpc) is 2.75. The molecule has 13 heavy (non-hydrogen) atoms. The minimum atomic E-state index is 0. The van der Waals surface area contributed by atoms with Gasteiger partial charge in [0.1, 0.15) is 0 Å². The molecule has 0 aliphatic heterocycles. The molecule has 0 spiro atoms. The number of nitrogens with two attached hydrogens (primary N) is 1. The summed E-state index contributed by atoms with van der Waals surface area (Å²) in [6.07, 6.45) is 2.75. The lowest BCUT2D eigenvalue weighted by Crippen LogP contribution is -1.89. The molecule has 1 aromatic heterocycles. The molecule has 1 aliphatic rings. The Balaban J connectivity index is 0.000000845. The maximum absolute atomic E-state index is 5.92.